The smallest absolute Gasteiger partial charge is 0.323 e. The van der Waals surface area contributed by atoms with Crippen LogP contribution in [0, 0.1) is 0 Å². The van der Waals surface area contributed by atoms with Gasteiger partial charge in [0.15, 0.2) is 4.34 Å². The summed E-state index contributed by atoms with van der Waals surface area (Å²) in [6, 6.07) is 0. The highest BCUT2D eigenvalue weighted by Crippen LogP contribution is 2.28. The Kier molecular flexibility index (Phi) is 7.41. The average Bonchev–Trinajstić information content (AvgIpc) is 2.90. The number of rotatable bonds is 10. The number of nitrogens with zero attached hydrogens (tertiary/aromatic N) is 3. The van der Waals surface area contributed by atoms with Gasteiger partial charge in [0.1, 0.15) is 5.54 Å². The van der Waals surface area contributed by atoms with Crippen LogP contribution in [0.25, 0.3) is 0 Å². The molecule has 6 nitrogen and oxygen atoms in total. The molecule has 0 aliphatic carbocycles. The van der Waals surface area contributed by atoms with Gasteiger partial charge in [0.25, 0.3) is 0 Å². The predicted molar refractivity (Wildman–Crippen MR) is 88.5 cm³/mol. The van der Waals surface area contributed by atoms with Crippen LogP contribution in [-0.4, -0.2) is 53.2 Å². The number of hydrogen-bond acceptors (Lipinski definition) is 7. The van der Waals surface area contributed by atoms with Crippen LogP contribution in [0.4, 0.5) is 5.13 Å². The Morgan fingerprint density at radius 3 is 2.71 bits per heavy atom. The Balaban J connectivity index is 2.38. The average molecular weight is 332 g/mol. The lowest BCUT2D eigenvalue weighted by Crippen LogP contribution is -2.49. The van der Waals surface area contributed by atoms with Gasteiger partial charge < -0.3 is 15.3 Å². The first kappa shape index (κ1) is 18.2. The number of hydrogen-bond donors (Lipinski definition) is 2. The van der Waals surface area contributed by atoms with E-state index < -0.39 is 11.5 Å². The van der Waals surface area contributed by atoms with Gasteiger partial charge in [-0.1, -0.05) is 30.0 Å². The molecular formula is C13H24N4O2S2. The van der Waals surface area contributed by atoms with Gasteiger partial charge in [0.05, 0.1) is 0 Å². The predicted octanol–water partition coefficient (Wildman–Crippen LogP) is 2.32. The normalized spacial score (nSPS) is 13.9. The second-order valence-corrected chi connectivity index (χ2v) is 7.56. The van der Waals surface area contributed by atoms with Crippen molar-refractivity contribution in [3.63, 3.8) is 0 Å². The third kappa shape index (κ3) is 5.80. The molecule has 2 N–H and O–H groups in total. The molecule has 21 heavy (non-hydrogen) atoms. The minimum absolute atomic E-state index is 0.606. The van der Waals surface area contributed by atoms with Crippen LogP contribution in [-0.2, 0) is 4.79 Å². The zero-order valence-electron chi connectivity index (χ0n) is 13.0. The van der Waals surface area contributed by atoms with Gasteiger partial charge in [0, 0.05) is 19.8 Å². The van der Waals surface area contributed by atoms with E-state index in [1.165, 1.54) is 0 Å². The first-order valence-corrected chi connectivity index (χ1v) is 8.81. The van der Waals surface area contributed by atoms with Crippen molar-refractivity contribution in [3.8, 4) is 0 Å². The van der Waals surface area contributed by atoms with E-state index in [2.05, 4.69) is 15.5 Å². The van der Waals surface area contributed by atoms with Gasteiger partial charge in [-0.2, -0.15) is 0 Å². The molecule has 1 aromatic heterocycles. The molecule has 0 amide bonds. The second-order valence-electron chi connectivity index (χ2n) is 5.26. The van der Waals surface area contributed by atoms with Crippen molar-refractivity contribution in [3.05, 3.63) is 0 Å². The summed E-state index contributed by atoms with van der Waals surface area (Å²) in [7, 11) is 3.87. The van der Waals surface area contributed by atoms with Gasteiger partial charge in [-0.15, -0.1) is 10.2 Å². The molecule has 0 spiro atoms. The number of aromatic nitrogens is 2. The first-order chi connectivity index (χ1) is 9.89. The summed E-state index contributed by atoms with van der Waals surface area (Å²) < 4.78 is 0.928. The summed E-state index contributed by atoms with van der Waals surface area (Å²) in [5, 5.41) is 21.5. The number of nitrogens with one attached hydrogen (secondary N) is 1. The molecule has 120 valence electrons. The summed E-state index contributed by atoms with van der Waals surface area (Å²) in [4.78, 5) is 13.3. The minimum atomic E-state index is -0.841. The highest BCUT2D eigenvalue weighted by atomic mass is 32.2. The van der Waals surface area contributed by atoms with Gasteiger partial charge in [-0.25, -0.2) is 0 Å². The molecule has 0 bridgehead atoms. The van der Waals surface area contributed by atoms with Crippen LogP contribution in [0.3, 0.4) is 0 Å². The Hall–Kier alpha value is -0.860. The number of aliphatic carboxylic acids is 1. The molecule has 1 unspecified atom stereocenters. The number of carbonyl (C=O) groups is 1. The molecule has 0 aliphatic rings. The molecule has 1 heterocycles. The summed E-state index contributed by atoms with van der Waals surface area (Å²) in [6.07, 6.45) is 2.35. The van der Waals surface area contributed by atoms with Gasteiger partial charge in [-0.05, 0) is 32.7 Å². The summed E-state index contributed by atoms with van der Waals surface area (Å²) in [5.41, 5.74) is -0.841. The Morgan fingerprint density at radius 2 is 2.19 bits per heavy atom. The number of thioether (sulfide) groups is 1. The molecule has 8 heteroatoms. The second kappa shape index (κ2) is 8.55. The largest absolute Gasteiger partial charge is 0.480 e. The van der Waals surface area contributed by atoms with Crippen molar-refractivity contribution in [1.29, 1.82) is 0 Å². The zero-order valence-corrected chi connectivity index (χ0v) is 14.7. The van der Waals surface area contributed by atoms with Crippen molar-refractivity contribution in [2.75, 3.05) is 31.3 Å². The van der Waals surface area contributed by atoms with Crippen LogP contribution in [0.1, 0.15) is 33.1 Å². The summed E-state index contributed by atoms with van der Waals surface area (Å²) in [6.45, 7) is 4.51. The molecule has 0 saturated carbocycles. The van der Waals surface area contributed by atoms with Crippen LogP contribution < -0.4 is 10.2 Å². The van der Waals surface area contributed by atoms with Crippen molar-refractivity contribution >= 4 is 34.2 Å². The fourth-order valence-electron chi connectivity index (χ4n) is 1.70. The Labute approximate surface area is 134 Å². The lowest BCUT2D eigenvalue weighted by atomic mass is 9.96. The molecular weight excluding hydrogens is 308 g/mol. The zero-order chi connectivity index (χ0) is 15.9. The van der Waals surface area contributed by atoms with E-state index in [0.29, 0.717) is 6.42 Å². The molecule has 0 aromatic carbocycles. The Morgan fingerprint density at radius 1 is 1.48 bits per heavy atom. The monoisotopic (exact) mass is 332 g/mol. The lowest BCUT2D eigenvalue weighted by Gasteiger charge is -2.26. The Bertz CT molecular complexity index is 453. The SMILES string of the molecule is CCCNC(C)(CCCSc1nnc(N(C)C)s1)C(=O)O. The molecule has 1 rings (SSSR count). The maximum atomic E-state index is 11.4. The molecule has 0 fully saturated rings. The van der Waals surface area contributed by atoms with Gasteiger partial charge in [0.2, 0.25) is 5.13 Å². The van der Waals surface area contributed by atoms with E-state index >= 15 is 0 Å². The van der Waals surface area contributed by atoms with Crippen LogP contribution in [0.15, 0.2) is 4.34 Å². The molecule has 1 atom stereocenters. The number of carboxylic acids is 1. The van der Waals surface area contributed by atoms with Gasteiger partial charge in [-0.3, -0.25) is 4.79 Å². The van der Waals surface area contributed by atoms with E-state index in [9.17, 15) is 9.90 Å². The highest BCUT2D eigenvalue weighted by Gasteiger charge is 2.31. The molecule has 1 aromatic rings. The van der Waals surface area contributed by atoms with E-state index in [-0.39, 0.29) is 0 Å². The first-order valence-electron chi connectivity index (χ1n) is 7.01. The van der Waals surface area contributed by atoms with Crippen LogP contribution in [0.5, 0.6) is 0 Å². The maximum absolute atomic E-state index is 11.4. The van der Waals surface area contributed by atoms with E-state index in [1.807, 2.05) is 25.9 Å². The van der Waals surface area contributed by atoms with Crippen molar-refractivity contribution in [2.45, 2.75) is 43.0 Å². The standard InChI is InChI=1S/C13H24N4O2S2/c1-5-8-14-13(2,10(18)19)7-6-9-20-12-16-15-11(21-12)17(3)4/h14H,5-9H2,1-4H3,(H,18,19). The highest BCUT2D eigenvalue weighted by molar-refractivity contribution is 8.01. The topological polar surface area (TPSA) is 78.4 Å². The third-order valence-electron chi connectivity index (χ3n) is 3.06. The quantitative estimate of drug-likeness (QED) is 0.503. The lowest BCUT2D eigenvalue weighted by molar-refractivity contribution is -0.144. The third-order valence-corrected chi connectivity index (χ3v) is 5.37. The van der Waals surface area contributed by atoms with Crippen LogP contribution >= 0.6 is 23.1 Å². The fraction of sp³-hybridized carbons (Fsp3) is 0.769. The van der Waals surface area contributed by atoms with Crippen molar-refractivity contribution < 1.29 is 9.90 Å². The summed E-state index contributed by atoms with van der Waals surface area (Å²) in [5.74, 6) is 0.0606. The number of carboxylic acid groups (broad SMARTS) is 1. The summed E-state index contributed by atoms with van der Waals surface area (Å²) >= 11 is 3.19. The van der Waals surface area contributed by atoms with E-state index in [4.69, 9.17) is 0 Å². The molecule has 0 saturated heterocycles. The van der Waals surface area contributed by atoms with Crippen molar-refractivity contribution in [1.82, 2.24) is 15.5 Å². The van der Waals surface area contributed by atoms with Gasteiger partial charge >= 0.3 is 5.97 Å². The fourth-order valence-corrected chi connectivity index (χ4v) is 3.47. The van der Waals surface area contributed by atoms with Crippen LogP contribution in [0.2, 0.25) is 0 Å². The molecule has 0 radical (unpaired) electrons. The number of anilines is 1. The minimum Gasteiger partial charge on any atom is -0.480 e. The van der Waals surface area contributed by atoms with E-state index in [0.717, 1.165) is 34.6 Å². The van der Waals surface area contributed by atoms with E-state index in [1.54, 1.807) is 30.0 Å². The molecule has 0 aliphatic heterocycles. The maximum Gasteiger partial charge on any atom is 0.323 e. The van der Waals surface area contributed by atoms with Crippen molar-refractivity contribution in [2.24, 2.45) is 0 Å².